The van der Waals surface area contributed by atoms with Crippen LogP contribution in [0.5, 0.6) is 0 Å². The van der Waals surface area contributed by atoms with Crippen LogP contribution < -0.4 is 5.32 Å². The highest BCUT2D eigenvalue weighted by molar-refractivity contribution is 4.70. The first kappa shape index (κ1) is 32.9. The van der Waals surface area contributed by atoms with Gasteiger partial charge < -0.3 is 10.1 Å². The van der Waals surface area contributed by atoms with Gasteiger partial charge in [0.2, 0.25) is 0 Å². The highest BCUT2D eigenvalue weighted by Gasteiger charge is 2.13. The standard InChI is InChI=1S/C33H67NO/c1-2-3-4-5-6-7-8-9-10-11-12-13-14-15-16-17-18-19-20-21-22-23-24-25-26-27-30-35-32-33-28-29-34-31-33/h33-34H,2-32H2,1H3. The lowest BCUT2D eigenvalue weighted by Crippen LogP contribution is -2.14. The third-order valence-electron chi connectivity index (χ3n) is 8.16. The van der Waals surface area contributed by atoms with E-state index in [4.69, 9.17) is 4.74 Å². The van der Waals surface area contributed by atoms with Gasteiger partial charge in [0.15, 0.2) is 0 Å². The largest absolute Gasteiger partial charge is 0.381 e. The van der Waals surface area contributed by atoms with Crippen LogP contribution in [-0.2, 0) is 4.74 Å². The van der Waals surface area contributed by atoms with E-state index in [0.29, 0.717) is 0 Å². The quantitative estimate of drug-likeness (QED) is 0.105. The second-order valence-corrected chi connectivity index (χ2v) is 11.8. The normalized spacial score (nSPS) is 15.9. The van der Waals surface area contributed by atoms with Gasteiger partial charge in [-0.1, -0.05) is 167 Å². The SMILES string of the molecule is CCCCCCCCCCCCCCCCCCCCCCCCCCCCOCC1CCNC1. The maximum absolute atomic E-state index is 5.83. The molecule has 0 bridgehead atoms. The maximum Gasteiger partial charge on any atom is 0.0506 e. The zero-order chi connectivity index (χ0) is 24.9. The first-order chi connectivity index (χ1) is 17.4. The van der Waals surface area contributed by atoms with Gasteiger partial charge in [-0.15, -0.1) is 0 Å². The minimum absolute atomic E-state index is 0.777. The number of hydrogen-bond donors (Lipinski definition) is 1. The highest BCUT2D eigenvalue weighted by atomic mass is 16.5. The molecule has 1 saturated heterocycles. The van der Waals surface area contributed by atoms with Crippen LogP contribution in [0.25, 0.3) is 0 Å². The average molecular weight is 494 g/mol. The summed E-state index contributed by atoms with van der Waals surface area (Å²) in [6.07, 6.45) is 39.2. The van der Waals surface area contributed by atoms with Gasteiger partial charge in [-0.2, -0.15) is 0 Å². The van der Waals surface area contributed by atoms with Crippen LogP contribution in [0, 0.1) is 5.92 Å². The third-order valence-corrected chi connectivity index (χ3v) is 8.16. The molecular formula is C33H67NO. The summed E-state index contributed by atoms with van der Waals surface area (Å²) in [6, 6.07) is 0. The molecule has 1 heterocycles. The van der Waals surface area contributed by atoms with Crippen molar-refractivity contribution < 1.29 is 4.74 Å². The van der Waals surface area contributed by atoms with Gasteiger partial charge in [-0.25, -0.2) is 0 Å². The zero-order valence-electron chi connectivity index (χ0n) is 24.4. The second-order valence-electron chi connectivity index (χ2n) is 11.8. The molecular weight excluding hydrogens is 426 g/mol. The Morgan fingerprint density at radius 2 is 0.829 bits per heavy atom. The Labute approximate surface area is 222 Å². The van der Waals surface area contributed by atoms with Crippen molar-refractivity contribution in [3.63, 3.8) is 0 Å². The molecule has 0 radical (unpaired) electrons. The molecule has 0 amide bonds. The summed E-state index contributed by atoms with van der Waals surface area (Å²) >= 11 is 0. The first-order valence-electron chi connectivity index (χ1n) is 16.7. The Kier molecular flexibility index (Phi) is 26.8. The third kappa shape index (κ3) is 25.4. The van der Waals surface area contributed by atoms with Crippen LogP contribution in [0.3, 0.4) is 0 Å². The Hall–Kier alpha value is -0.0800. The fourth-order valence-corrected chi connectivity index (χ4v) is 5.63. The molecule has 0 aromatic carbocycles. The molecule has 2 nitrogen and oxygen atoms in total. The minimum atomic E-state index is 0.777. The summed E-state index contributed by atoms with van der Waals surface area (Å²) in [4.78, 5) is 0. The Morgan fingerprint density at radius 1 is 0.486 bits per heavy atom. The summed E-state index contributed by atoms with van der Waals surface area (Å²) in [5.74, 6) is 0.777. The molecule has 1 fully saturated rings. The Bertz CT molecular complexity index is 379. The number of unbranched alkanes of at least 4 members (excludes halogenated alkanes) is 25. The number of nitrogens with one attached hydrogen (secondary N) is 1. The van der Waals surface area contributed by atoms with E-state index in [1.54, 1.807) is 0 Å². The predicted octanol–water partition coefficient (Wildman–Crippen LogP) is 10.8. The lowest BCUT2D eigenvalue weighted by molar-refractivity contribution is 0.101. The van der Waals surface area contributed by atoms with Gasteiger partial charge in [-0.05, 0) is 25.3 Å². The molecule has 0 spiro atoms. The fourth-order valence-electron chi connectivity index (χ4n) is 5.63. The molecule has 2 heteroatoms. The fraction of sp³-hybridized carbons (Fsp3) is 1.00. The molecule has 0 saturated carbocycles. The van der Waals surface area contributed by atoms with Crippen molar-refractivity contribution in [1.29, 1.82) is 0 Å². The van der Waals surface area contributed by atoms with E-state index in [0.717, 1.165) is 19.1 Å². The van der Waals surface area contributed by atoms with Crippen LogP contribution in [0.4, 0.5) is 0 Å². The van der Waals surface area contributed by atoms with Crippen molar-refractivity contribution in [2.24, 2.45) is 5.92 Å². The number of ether oxygens (including phenoxy) is 1. The molecule has 1 aliphatic heterocycles. The van der Waals surface area contributed by atoms with Crippen molar-refractivity contribution in [3.8, 4) is 0 Å². The van der Waals surface area contributed by atoms with E-state index in [1.165, 1.54) is 186 Å². The monoisotopic (exact) mass is 494 g/mol. The van der Waals surface area contributed by atoms with Crippen LogP contribution in [0.2, 0.25) is 0 Å². The second kappa shape index (κ2) is 28.5. The minimum Gasteiger partial charge on any atom is -0.381 e. The smallest absolute Gasteiger partial charge is 0.0506 e. The van der Waals surface area contributed by atoms with Crippen LogP contribution in [-0.4, -0.2) is 26.3 Å². The molecule has 0 aromatic heterocycles. The Balaban J connectivity index is 1.60. The predicted molar refractivity (Wildman–Crippen MR) is 158 cm³/mol. The number of hydrogen-bond acceptors (Lipinski definition) is 2. The van der Waals surface area contributed by atoms with E-state index in [9.17, 15) is 0 Å². The van der Waals surface area contributed by atoms with Gasteiger partial charge in [0.05, 0.1) is 6.61 Å². The van der Waals surface area contributed by atoms with Crippen molar-refractivity contribution in [1.82, 2.24) is 5.32 Å². The van der Waals surface area contributed by atoms with Gasteiger partial charge in [0.1, 0.15) is 0 Å². The van der Waals surface area contributed by atoms with Crippen molar-refractivity contribution in [2.75, 3.05) is 26.3 Å². The van der Waals surface area contributed by atoms with Gasteiger partial charge in [0.25, 0.3) is 0 Å². The molecule has 1 aliphatic rings. The van der Waals surface area contributed by atoms with E-state index in [1.807, 2.05) is 0 Å². The first-order valence-corrected chi connectivity index (χ1v) is 16.7. The maximum atomic E-state index is 5.83. The molecule has 0 aromatic rings. The summed E-state index contributed by atoms with van der Waals surface area (Å²) in [7, 11) is 0. The summed E-state index contributed by atoms with van der Waals surface area (Å²) in [6.45, 7) is 6.62. The lowest BCUT2D eigenvalue weighted by atomic mass is 10.0. The van der Waals surface area contributed by atoms with E-state index < -0.39 is 0 Å². The van der Waals surface area contributed by atoms with Crippen molar-refractivity contribution in [2.45, 2.75) is 180 Å². The van der Waals surface area contributed by atoms with Crippen LogP contribution in [0.15, 0.2) is 0 Å². The topological polar surface area (TPSA) is 21.3 Å². The zero-order valence-corrected chi connectivity index (χ0v) is 24.4. The number of rotatable bonds is 29. The molecule has 1 N–H and O–H groups in total. The van der Waals surface area contributed by atoms with Crippen molar-refractivity contribution in [3.05, 3.63) is 0 Å². The average Bonchev–Trinajstić information content (AvgIpc) is 3.39. The molecule has 1 unspecified atom stereocenters. The molecule has 0 aliphatic carbocycles. The lowest BCUT2D eigenvalue weighted by Gasteiger charge is -2.09. The van der Waals surface area contributed by atoms with Gasteiger partial charge in [-0.3, -0.25) is 0 Å². The molecule has 1 atom stereocenters. The van der Waals surface area contributed by atoms with Gasteiger partial charge in [0, 0.05) is 13.2 Å². The molecule has 1 rings (SSSR count). The highest BCUT2D eigenvalue weighted by Crippen LogP contribution is 2.16. The Morgan fingerprint density at radius 3 is 1.14 bits per heavy atom. The van der Waals surface area contributed by atoms with Crippen LogP contribution >= 0.6 is 0 Å². The summed E-state index contributed by atoms with van der Waals surface area (Å²) < 4.78 is 5.83. The molecule has 35 heavy (non-hydrogen) atoms. The summed E-state index contributed by atoms with van der Waals surface area (Å²) in [5.41, 5.74) is 0. The van der Waals surface area contributed by atoms with E-state index in [-0.39, 0.29) is 0 Å². The van der Waals surface area contributed by atoms with E-state index >= 15 is 0 Å². The van der Waals surface area contributed by atoms with E-state index in [2.05, 4.69) is 12.2 Å². The van der Waals surface area contributed by atoms with Gasteiger partial charge >= 0.3 is 0 Å². The van der Waals surface area contributed by atoms with Crippen LogP contribution in [0.1, 0.15) is 180 Å². The molecule has 210 valence electrons. The van der Waals surface area contributed by atoms with Crippen molar-refractivity contribution >= 4 is 0 Å². The summed E-state index contributed by atoms with van der Waals surface area (Å²) in [5, 5.41) is 3.41.